The maximum absolute atomic E-state index is 12.4. The third-order valence-corrected chi connectivity index (χ3v) is 5.01. The minimum Gasteiger partial charge on any atom is -0.493 e. The normalized spacial score (nSPS) is 14.5. The topological polar surface area (TPSA) is 66.4 Å². The maximum Gasteiger partial charge on any atom is 0.366 e. The summed E-state index contributed by atoms with van der Waals surface area (Å²) < 4.78 is 15.8. The Kier molecular flexibility index (Phi) is 5.68. The zero-order valence-electron chi connectivity index (χ0n) is 14.8. The fraction of sp³-hybridized carbons (Fsp3) is 0.263. The summed E-state index contributed by atoms with van der Waals surface area (Å²) in [6, 6.07) is 11.0. The Morgan fingerprint density at radius 3 is 2.38 bits per heavy atom. The molecule has 0 spiro atoms. The number of benzene rings is 2. The van der Waals surface area contributed by atoms with Crippen LogP contribution in [0.15, 0.2) is 46.4 Å². The number of thioether (sulfide) groups is 1. The number of carbonyl (C=O) groups is 1. The molecule has 2 aromatic rings. The van der Waals surface area contributed by atoms with E-state index in [4.69, 9.17) is 19.0 Å². The number of rotatable bonds is 5. The zero-order chi connectivity index (χ0) is 18.5. The van der Waals surface area contributed by atoms with Gasteiger partial charge in [-0.05, 0) is 18.2 Å². The summed E-state index contributed by atoms with van der Waals surface area (Å²) in [5.74, 6) is 1.48. The maximum atomic E-state index is 12.4. The van der Waals surface area contributed by atoms with Gasteiger partial charge < -0.3 is 19.0 Å². The van der Waals surface area contributed by atoms with Gasteiger partial charge in [0.15, 0.2) is 11.5 Å². The molecule has 0 bridgehead atoms. The van der Waals surface area contributed by atoms with Crippen molar-refractivity contribution in [3.8, 4) is 17.2 Å². The molecule has 1 aliphatic heterocycles. The quantitative estimate of drug-likeness (QED) is 0.587. The number of oxime groups is 1. The van der Waals surface area contributed by atoms with Crippen molar-refractivity contribution in [2.75, 3.05) is 27.1 Å². The third-order valence-electron chi connectivity index (χ3n) is 3.93. The predicted octanol–water partition coefficient (Wildman–Crippen LogP) is 3.77. The molecule has 26 heavy (non-hydrogen) atoms. The summed E-state index contributed by atoms with van der Waals surface area (Å²) in [6.45, 7) is 0. The van der Waals surface area contributed by atoms with Crippen LogP contribution in [-0.4, -0.2) is 38.8 Å². The van der Waals surface area contributed by atoms with Crippen LogP contribution in [0, 0.1) is 0 Å². The number of hydrogen-bond acceptors (Lipinski definition) is 7. The Labute approximate surface area is 156 Å². The van der Waals surface area contributed by atoms with Gasteiger partial charge in [0.05, 0.1) is 32.6 Å². The number of hydrogen-bond donors (Lipinski definition) is 0. The van der Waals surface area contributed by atoms with Gasteiger partial charge in [0.25, 0.3) is 0 Å². The van der Waals surface area contributed by atoms with E-state index >= 15 is 0 Å². The van der Waals surface area contributed by atoms with Crippen LogP contribution in [0.4, 0.5) is 0 Å². The first-order valence-electron chi connectivity index (χ1n) is 7.98. The molecule has 6 nitrogen and oxygen atoms in total. The molecule has 7 heteroatoms. The standard InChI is InChI=1S/C19H19NO5S/c1-22-15-10-12(11-16(23-2)18(15)24-3)19(21)25-20-14-8-9-26-17-7-5-4-6-13(14)17/h4-7,10-11H,8-9H2,1-3H3/b20-14-. The largest absolute Gasteiger partial charge is 0.493 e. The van der Waals surface area contributed by atoms with Crippen molar-refractivity contribution in [1.82, 2.24) is 0 Å². The molecule has 0 unspecified atom stereocenters. The SMILES string of the molecule is COc1cc(C(=O)O/N=C2/CCSc3ccccc32)cc(OC)c1OC. The molecule has 0 saturated carbocycles. The van der Waals surface area contributed by atoms with Gasteiger partial charge in [0.1, 0.15) is 0 Å². The zero-order valence-corrected chi connectivity index (χ0v) is 15.6. The van der Waals surface area contributed by atoms with Gasteiger partial charge in [0.2, 0.25) is 5.75 Å². The molecule has 1 heterocycles. The minimum absolute atomic E-state index is 0.266. The summed E-state index contributed by atoms with van der Waals surface area (Å²) in [4.78, 5) is 18.8. The van der Waals surface area contributed by atoms with E-state index in [-0.39, 0.29) is 5.56 Å². The smallest absolute Gasteiger partial charge is 0.366 e. The van der Waals surface area contributed by atoms with Crippen molar-refractivity contribution >= 4 is 23.4 Å². The van der Waals surface area contributed by atoms with Crippen LogP contribution in [-0.2, 0) is 4.84 Å². The second kappa shape index (κ2) is 8.14. The summed E-state index contributed by atoms with van der Waals surface area (Å²) >= 11 is 1.77. The lowest BCUT2D eigenvalue weighted by Gasteiger charge is -2.16. The van der Waals surface area contributed by atoms with Crippen molar-refractivity contribution in [3.63, 3.8) is 0 Å². The Balaban J connectivity index is 1.85. The van der Waals surface area contributed by atoms with Crippen LogP contribution in [0.5, 0.6) is 17.2 Å². The monoisotopic (exact) mass is 373 g/mol. The van der Waals surface area contributed by atoms with E-state index < -0.39 is 5.97 Å². The first-order valence-corrected chi connectivity index (χ1v) is 8.97. The second-order valence-electron chi connectivity index (χ2n) is 5.43. The Morgan fingerprint density at radius 1 is 1.04 bits per heavy atom. The van der Waals surface area contributed by atoms with E-state index in [1.165, 1.54) is 33.5 Å². The number of methoxy groups -OCH3 is 3. The first kappa shape index (κ1) is 18.1. The van der Waals surface area contributed by atoms with Gasteiger partial charge in [-0.25, -0.2) is 4.79 Å². The second-order valence-corrected chi connectivity index (χ2v) is 6.56. The highest BCUT2D eigenvalue weighted by atomic mass is 32.2. The van der Waals surface area contributed by atoms with Crippen molar-refractivity contribution in [1.29, 1.82) is 0 Å². The van der Waals surface area contributed by atoms with Gasteiger partial charge in [0, 0.05) is 22.6 Å². The molecule has 0 saturated heterocycles. The van der Waals surface area contributed by atoms with Crippen LogP contribution in [0.2, 0.25) is 0 Å². The molecule has 1 aliphatic rings. The number of nitrogens with zero attached hydrogens (tertiary/aromatic N) is 1. The van der Waals surface area contributed by atoms with Gasteiger partial charge >= 0.3 is 5.97 Å². The van der Waals surface area contributed by atoms with Gasteiger partial charge in [-0.1, -0.05) is 23.4 Å². The van der Waals surface area contributed by atoms with Crippen LogP contribution in [0.1, 0.15) is 22.3 Å². The lowest BCUT2D eigenvalue weighted by molar-refractivity contribution is 0.0515. The van der Waals surface area contributed by atoms with E-state index in [1.54, 1.807) is 11.8 Å². The third kappa shape index (κ3) is 3.62. The summed E-state index contributed by atoms with van der Waals surface area (Å²) in [5.41, 5.74) is 2.03. The molecule has 0 amide bonds. The minimum atomic E-state index is -0.590. The molecular weight excluding hydrogens is 354 g/mol. The van der Waals surface area contributed by atoms with E-state index in [9.17, 15) is 4.79 Å². The van der Waals surface area contributed by atoms with Gasteiger partial charge in [-0.2, -0.15) is 0 Å². The van der Waals surface area contributed by atoms with Crippen LogP contribution >= 0.6 is 11.8 Å². The average molecular weight is 373 g/mol. The Bertz CT molecular complexity index is 825. The van der Waals surface area contributed by atoms with E-state index in [0.717, 1.165) is 28.3 Å². The molecule has 0 atom stereocenters. The molecular formula is C19H19NO5S. The van der Waals surface area contributed by atoms with Gasteiger partial charge in [-0.15, -0.1) is 11.8 Å². The molecule has 0 aliphatic carbocycles. The van der Waals surface area contributed by atoms with E-state index in [1.807, 2.05) is 24.3 Å². The van der Waals surface area contributed by atoms with Crippen molar-refractivity contribution < 1.29 is 23.8 Å². The van der Waals surface area contributed by atoms with Gasteiger partial charge in [-0.3, -0.25) is 0 Å². The van der Waals surface area contributed by atoms with Crippen LogP contribution in [0.25, 0.3) is 0 Å². The summed E-state index contributed by atoms with van der Waals surface area (Å²) in [7, 11) is 4.48. The Hall–Kier alpha value is -2.67. The molecule has 0 fully saturated rings. The van der Waals surface area contributed by atoms with Crippen LogP contribution in [0.3, 0.4) is 0 Å². The highest BCUT2D eigenvalue weighted by Crippen LogP contribution is 2.38. The summed E-state index contributed by atoms with van der Waals surface area (Å²) in [5, 5.41) is 4.10. The molecule has 0 aromatic heterocycles. The highest BCUT2D eigenvalue weighted by Gasteiger charge is 2.20. The van der Waals surface area contributed by atoms with Crippen LogP contribution < -0.4 is 14.2 Å². The van der Waals surface area contributed by atoms with E-state index in [2.05, 4.69) is 5.16 Å². The lowest BCUT2D eigenvalue weighted by Crippen LogP contribution is -2.12. The van der Waals surface area contributed by atoms with E-state index in [0.29, 0.717) is 17.2 Å². The highest BCUT2D eigenvalue weighted by molar-refractivity contribution is 7.99. The number of carbonyl (C=O) groups excluding carboxylic acids is 1. The molecule has 2 aromatic carbocycles. The Morgan fingerprint density at radius 2 is 1.73 bits per heavy atom. The lowest BCUT2D eigenvalue weighted by atomic mass is 10.1. The first-order chi connectivity index (χ1) is 12.7. The fourth-order valence-electron chi connectivity index (χ4n) is 2.67. The fourth-order valence-corrected chi connectivity index (χ4v) is 3.70. The van der Waals surface area contributed by atoms with Crippen molar-refractivity contribution in [3.05, 3.63) is 47.5 Å². The molecule has 0 radical (unpaired) electrons. The average Bonchev–Trinajstić information content (AvgIpc) is 2.70. The number of ether oxygens (including phenoxy) is 3. The van der Waals surface area contributed by atoms with Crippen molar-refractivity contribution in [2.24, 2.45) is 5.16 Å². The molecule has 136 valence electrons. The van der Waals surface area contributed by atoms with Crippen molar-refractivity contribution in [2.45, 2.75) is 11.3 Å². The number of fused-ring (bicyclic) bond motifs is 1. The molecule has 0 N–H and O–H groups in total. The summed E-state index contributed by atoms with van der Waals surface area (Å²) in [6.07, 6.45) is 0.740. The predicted molar refractivity (Wildman–Crippen MR) is 99.8 cm³/mol. The molecule has 3 rings (SSSR count).